The summed E-state index contributed by atoms with van der Waals surface area (Å²) in [4.78, 5) is 12.2. The van der Waals surface area contributed by atoms with Gasteiger partial charge in [-0.05, 0) is 23.4 Å². The van der Waals surface area contributed by atoms with Gasteiger partial charge in [0.15, 0.2) is 0 Å². The lowest BCUT2D eigenvalue weighted by Crippen LogP contribution is -2.29. The summed E-state index contributed by atoms with van der Waals surface area (Å²) in [5, 5.41) is 24.2. The van der Waals surface area contributed by atoms with E-state index in [1.165, 1.54) is 11.3 Å². The van der Waals surface area contributed by atoms with Crippen molar-refractivity contribution in [1.82, 2.24) is 5.32 Å². The van der Waals surface area contributed by atoms with Crippen LogP contribution in [0, 0.1) is 0 Å². The van der Waals surface area contributed by atoms with E-state index in [4.69, 9.17) is 4.74 Å². The van der Waals surface area contributed by atoms with Crippen molar-refractivity contribution in [2.24, 2.45) is 0 Å². The standard InChI is InChI=1S/C16H19NO4S/c18-13(15(19)14-7-4-10-22-14)8-9-17-16(20)21-11-12-5-2-1-3-6-12/h1-7,10,13,15,18-19H,8-9,11H2,(H,17,20). The normalized spacial score (nSPS) is 13.4. The number of amides is 1. The molecular formula is C16H19NO4S. The molecule has 0 spiro atoms. The summed E-state index contributed by atoms with van der Waals surface area (Å²) in [6, 6.07) is 13.0. The van der Waals surface area contributed by atoms with Crippen molar-refractivity contribution >= 4 is 17.4 Å². The zero-order chi connectivity index (χ0) is 15.8. The van der Waals surface area contributed by atoms with Crippen molar-refractivity contribution in [3.8, 4) is 0 Å². The van der Waals surface area contributed by atoms with Crippen LogP contribution in [0.15, 0.2) is 47.8 Å². The number of thiophene rings is 1. The van der Waals surface area contributed by atoms with Gasteiger partial charge in [-0.15, -0.1) is 11.3 Å². The van der Waals surface area contributed by atoms with Crippen molar-refractivity contribution in [2.75, 3.05) is 6.54 Å². The van der Waals surface area contributed by atoms with Gasteiger partial charge in [0.05, 0.1) is 6.10 Å². The molecule has 118 valence electrons. The van der Waals surface area contributed by atoms with Gasteiger partial charge in [0, 0.05) is 11.4 Å². The Morgan fingerprint density at radius 2 is 1.95 bits per heavy atom. The van der Waals surface area contributed by atoms with Gasteiger partial charge in [-0.25, -0.2) is 4.79 Å². The van der Waals surface area contributed by atoms with Gasteiger partial charge in [0.25, 0.3) is 0 Å². The predicted octanol–water partition coefficient (Wildman–Crippen LogP) is 2.46. The molecule has 3 N–H and O–H groups in total. The summed E-state index contributed by atoms with van der Waals surface area (Å²) in [5.74, 6) is 0. The summed E-state index contributed by atoms with van der Waals surface area (Å²) in [6.45, 7) is 0.435. The lowest BCUT2D eigenvalue weighted by Gasteiger charge is -2.16. The van der Waals surface area contributed by atoms with Crippen molar-refractivity contribution in [2.45, 2.75) is 25.2 Å². The third-order valence-corrected chi connectivity index (χ3v) is 4.06. The van der Waals surface area contributed by atoms with Crippen molar-refractivity contribution in [1.29, 1.82) is 0 Å². The van der Waals surface area contributed by atoms with E-state index in [2.05, 4.69) is 5.32 Å². The topological polar surface area (TPSA) is 78.8 Å². The maximum absolute atomic E-state index is 11.5. The quantitative estimate of drug-likeness (QED) is 0.732. The molecule has 0 aliphatic rings. The first-order chi connectivity index (χ1) is 10.7. The van der Waals surface area contributed by atoms with E-state index in [1.54, 1.807) is 6.07 Å². The lowest BCUT2D eigenvalue weighted by molar-refractivity contribution is 0.0157. The third kappa shape index (κ3) is 5.14. The van der Waals surface area contributed by atoms with Crippen LogP contribution in [0.25, 0.3) is 0 Å². The number of aliphatic hydroxyl groups excluding tert-OH is 2. The smallest absolute Gasteiger partial charge is 0.407 e. The van der Waals surface area contributed by atoms with Gasteiger partial charge >= 0.3 is 6.09 Å². The average molecular weight is 321 g/mol. The maximum Gasteiger partial charge on any atom is 0.407 e. The zero-order valence-corrected chi connectivity index (χ0v) is 12.8. The predicted molar refractivity (Wildman–Crippen MR) is 84.5 cm³/mol. The second kappa shape index (κ2) is 8.53. The fourth-order valence-corrected chi connectivity index (χ4v) is 2.67. The van der Waals surface area contributed by atoms with Crippen LogP contribution < -0.4 is 5.32 Å². The molecule has 0 fully saturated rings. The minimum Gasteiger partial charge on any atom is -0.445 e. The minimum atomic E-state index is -0.929. The van der Waals surface area contributed by atoms with Crippen molar-refractivity contribution < 1.29 is 19.7 Å². The molecule has 1 aromatic heterocycles. The van der Waals surface area contributed by atoms with Crippen LogP contribution in [0.1, 0.15) is 23.0 Å². The number of carbonyl (C=O) groups excluding carboxylic acids is 1. The summed E-state index contributed by atoms with van der Waals surface area (Å²) >= 11 is 1.38. The van der Waals surface area contributed by atoms with Crippen molar-refractivity contribution in [3.63, 3.8) is 0 Å². The molecule has 1 heterocycles. The second-order valence-corrected chi connectivity index (χ2v) is 5.78. The fraction of sp³-hybridized carbons (Fsp3) is 0.312. The number of nitrogens with one attached hydrogen (secondary N) is 1. The summed E-state index contributed by atoms with van der Waals surface area (Å²) in [5.41, 5.74) is 0.908. The van der Waals surface area contributed by atoms with E-state index in [9.17, 15) is 15.0 Å². The van der Waals surface area contributed by atoms with Crippen molar-refractivity contribution in [3.05, 3.63) is 58.3 Å². The zero-order valence-electron chi connectivity index (χ0n) is 12.0. The molecule has 2 atom stereocenters. The molecule has 0 saturated heterocycles. The summed E-state index contributed by atoms with van der Waals surface area (Å²) in [7, 11) is 0. The molecule has 0 radical (unpaired) electrons. The second-order valence-electron chi connectivity index (χ2n) is 4.80. The highest BCUT2D eigenvalue weighted by Gasteiger charge is 2.19. The van der Waals surface area contributed by atoms with Crippen LogP contribution in [0.2, 0.25) is 0 Å². The molecule has 0 aliphatic carbocycles. The Kier molecular flexibility index (Phi) is 6.39. The van der Waals surface area contributed by atoms with E-state index in [0.717, 1.165) is 5.56 Å². The molecule has 6 heteroatoms. The molecule has 2 rings (SSSR count). The highest BCUT2D eigenvalue weighted by molar-refractivity contribution is 7.10. The van der Waals surface area contributed by atoms with Crippen LogP contribution in [0.5, 0.6) is 0 Å². The molecule has 1 aromatic carbocycles. The Balaban J connectivity index is 1.64. The van der Waals surface area contributed by atoms with Crippen LogP contribution >= 0.6 is 11.3 Å². The lowest BCUT2D eigenvalue weighted by atomic mass is 10.1. The van der Waals surface area contributed by atoms with Crippen LogP contribution in [0.3, 0.4) is 0 Å². The molecule has 2 unspecified atom stereocenters. The van der Waals surface area contributed by atoms with E-state index in [0.29, 0.717) is 4.88 Å². The van der Waals surface area contributed by atoms with E-state index in [-0.39, 0.29) is 19.6 Å². The number of alkyl carbamates (subject to hydrolysis) is 1. The first-order valence-electron chi connectivity index (χ1n) is 7.01. The minimum absolute atomic E-state index is 0.201. The van der Waals surface area contributed by atoms with Gasteiger partial charge in [0.1, 0.15) is 12.7 Å². The molecule has 0 aliphatic heterocycles. The number of hydrogen-bond donors (Lipinski definition) is 3. The molecule has 0 saturated carbocycles. The van der Waals surface area contributed by atoms with Crippen LogP contribution in [0.4, 0.5) is 4.79 Å². The fourth-order valence-electron chi connectivity index (χ4n) is 1.90. The number of aliphatic hydroxyl groups is 2. The Morgan fingerprint density at radius 1 is 1.18 bits per heavy atom. The Hall–Kier alpha value is -1.89. The molecule has 1 amide bonds. The highest BCUT2D eigenvalue weighted by Crippen LogP contribution is 2.23. The van der Waals surface area contributed by atoms with Gasteiger partial charge in [0.2, 0.25) is 0 Å². The molecule has 2 aromatic rings. The largest absolute Gasteiger partial charge is 0.445 e. The van der Waals surface area contributed by atoms with Crippen LogP contribution in [-0.4, -0.2) is 29.0 Å². The third-order valence-electron chi connectivity index (χ3n) is 3.12. The van der Waals surface area contributed by atoms with E-state index >= 15 is 0 Å². The number of hydrogen-bond acceptors (Lipinski definition) is 5. The number of carbonyl (C=O) groups is 1. The monoisotopic (exact) mass is 321 g/mol. The SMILES string of the molecule is O=C(NCCC(O)C(O)c1cccs1)OCc1ccccc1. The van der Waals surface area contributed by atoms with Crippen LogP contribution in [-0.2, 0) is 11.3 Å². The summed E-state index contributed by atoms with van der Waals surface area (Å²) < 4.78 is 5.05. The molecule has 5 nitrogen and oxygen atoms in total. The van der Waals surface area contributed by atoms with Gasteiger partial charge in [-0.1, -0.05) is 36.4 Å². The highest BCUT2D eigenvalue weighted by atomic mass is 32.1. The molecular weight excluding hydrogens is 302 g/mol. The number of benzene rings is 1. The van der Waals surface area contributed by atoms with E-state index < -0.39 is 18.3 Å². The Morgan fingerprint density at radius 3 is 2.64 bits per heavy atom. The first-order valence-corrected chi connectivity index (χ1v) is 7.89. The first kappa shape index (κ1) is 16.5. The number of rotatable bonds is 7. The summed E-state index contributed by atoms with van der Waals surface area (Å²) in [6.07, 6.45) is -2.14. The Bertz CT molecular complexity index is 559. The molecule has 22 heavy (non-hydrogen) atoms. The van der Waals surface area contributed by atoms with Gasteiger partial charge in [-0.3, -0.25) is 0 Å². The van der Waals surface area contributed by atoms with E-state index in [1.807, 2.05) is 41.8 Å². The number of ether oxygens (including phenoxy) is 1. The Labute approximate surface area is 133 Å². The van der Waals surface area contributed by atoms with Gasteiger partial charge in [-0.2, -0.15) is 0 Å². The average Bonchev–Trinajstić information content (AvgIpc) is 3.07. The maximum atomic E-state index is 11.5. The van der Waals surface area contributed by atoms with Gasteiger partial charge < -0.3 is 20.3 Å². The molecule has 0 bridgehead atoms.